The van der Waals surface area contributed by atoms with Crippen molar-refractivity contribution in [2.75, 3.05) is 26.6 Å². The Morgan fingerprint density at radius 3 is 2.20 bits per heavy atom. The number of rotatable bonds is 8. The van der Waals surface area contributed by atoms with Gasteiger partial charge in [0, 0.05) is 17.3 Å². The van der Waals surface area contributed by atoms with E-state index in [1.165, 1.54) is 0 Å². The molecular formula is C22H23ClN2O5. The first-order valence-electron chi connectivity index (χ1n) is 9.16. The molecule has 8 heteroatoms. The lowest BCUT2D eigenvalue weighted by atomic mass is 10.1. The summed E-state index contributed by atoms with van der Waals surface area (Å²) in [7, 11) is 4.65. The molecule has 2 aromatic carbocycles. The van der Waals surface area contributed by atoms with E-state index >= 15 is 0 Å². The highest BCUT2D eigenvalue weighted by atomic mass is 35.5. The normalized spacial score (nSPS) is 10.4. The third-order valence-electron chi connectivity index (χ3n) is 4.41. The molecule has 1 heterocycles. The first-order valence-corrected chi connectivity index (χ1v) is 9.54. The van der Waals surface area contributed by atoms with Gasteiger partial charge in [0.2, 0.25) is 5.75 Å². The van der Waals surface area contributed by atoms with Crippen molar-refractivity contribution in [2.45, 2.75) is 13.1 Å². The lowest BCUT2D eigenvalue weighted by Gasteiger charge is -2.23. The van der Waals surface area contributed by atoms with E-state index in [2.05, 4.69) is 5.32 Å². The number of hydrogen-bond donors (Lipinski definition) is 1. The molecule has 3 aromatic rings. The van der Waals surface area contributed by atoms with Crippen molar-refractivity contribution < 1.29 is 23.4 Å². The summed E-state index contributed by atoms with van der Waals surface area (Å²) in [6.07, 6.45) is 1.57. The van der Waals surface area contributed by atoms with Gasteiger partial charge < -0.3 is 28.8 Å². The molecule has 0 saturated carbocycles. The third kappa shape index (κ3) is 5.18. The van der Waals surface area contributed by atoms with Crippen LogP contribution in [0.15, 0.2) is 59.2 Å². The van der Waals surface area contributed by atoms with Gasteiger partial charge in [0.15, 0.2) is 11.5 Å². The molecular weight excluding hydrogens is 408 g/mol. The highest BCUT2D eigenvalue weighted by Gasteiger charge is 2.19. The molecule has 0 saturated heterocycles. The lowest BCUT2D eigenvalue weighted by molar-refractivity contribution is 0.201. The van der Waals surface area contributed by atoms with E-state index in [-0.39, 0.29) is 19.1 Å². The predicted molar refractivity (Wildman–Crippen MR) is 115 cm³/mol. The van der Waals surface area contributed by atoms with Crippen LogP contribution in [0.25, 0.3) is 0 Å². The number of anilines is 1. The summed E-state index contributed by atoms with van der Waals surface area (Å²) >= 11 is 5.93. The molecule has 0 fully saturated rings. The van der Waals surface area contributed by atoms with Gasteiger partial charge in [-0.15, -0.1) is 0 Å². The summed E-state index contributed by atoms with van der Waals surface area (Å²) in [5.41, 5.74) is 1.45. The number of nitrogens with one attached hydrogen (secondary N) is 1. The maximum Gasteiger partial charge on any atom is 0.322 e. The van der Waals surface area contributed by atoms with Crippen molar-refractivity contribution in [2.24, 2.45) is 0 Å². The van der Waals surface area contributed by atoms with Crippen LogP contribution in [-0.2, 0) is 13.1 Å². The number of nitrogens with zero attached hydrogens (tertiary/aromatic N) is 1. The lowest BCUT2D eigenvalue weighted by Crippen LogP contribution is -2.34. The van der Waals surface area contributed by atoms with Crippen molar-refractivity contribution in [3.63, 3.8) is 0 Å². The van der Waals surface area contributed by atoms with E-state index in [1.54, 1.807) is 62.8 Å². The highest BCUT2D eigenvalue weighted by Crippen LogP contribution is 2.38. The van der Waals surface area contributed by atoms with Crippen LogP contribution >= 0.6 is 11.6 Å². The molecule has 0 aliphatic rings. The first-order chi connectivity index (χ1) is 14.5. The van der Waals surface area contributed by atoms with Crippen molar-refractivity contribution in [3.05, 3.63) is 71.1 Å². The third-order valence-corrected chi connectivity index (χ3v) is 4.66. The second-order valence-corrected chi connectivity index (χ2v) is 6.84. The van der Waals surface area contributed by atoms with Crippen LogP contribution in [0.4, 0.5) is 10.5 Å². The van der Waals surface area contributed by atoms with Crippen LogP contribution in [0.5, 0.6) is 17.2 Å². The molecule has 0 spiro atoms. The maximum absolute atomic E-state index is 13.0. The molecule has 1 aromatic heterocycles. The van der Waals surface area contributed by atoms with Crippen LogP contribution in [0.2, 0.25) is 5.02 Å². The Balaban J connectivity index is 1.87. The van der Waals surface area contributed by atoms with E-state index in [1.807, 2.05) is 18.2 Å². The summed E-state index contributed by atoms with van der Waals surface area (Å²) in [4.78, 5) is 14.6. The molecule has 7 nitrogen and oxygen atoms in total. The Hall–Kier alpha value is -3.32. The molecule has 0 radical (unpaired) electrons. The van der Waals surface area contributed by atoms with Crippen LogP contribution in [-0.4, -0.2) is 32.3 Å². The minimum absolute atomic E-state index is 0.281. The highest BCUT2D eigenvalue weighted by molar-refractivity contribution is 6.30. The molecule has 0 aliphatic heterocycles. The fourth-order valence-corrected chi connectivity index (χ4v) is 3.10. The number of methoxy groups -OCH3 is 3. The SMILES string of the molecule is COc1cc(CN(Cc2ccco2)C(=O)Nc2ccc(Cl)cc2)cc(OC)c1OC. The summed E-state index contributed by atoms with van der Waals surface area (Å²) in [5.74, 6) is 2.19. The largest absolute Gasteiger partial charge is 0.493 e. The quantitative estimate of drug-likeness (QED) is 0.532. The smallest absolute Gasteiger partial charge is 0.322 e. The zero-order chi connectivity index (χ0) is 21.5. The van der Waals surface area contributed by atoms with Crippen LogP contribution in [0.3, 0.4) is 0 Å². The minimum Gasteiger partial charge on any atom is -0.493 e. The Morgan fingerprint density at radius 1 is 1.00 bits per heavy atom. The average Bonchev–Trinajstić information content (AvgIpc) is 3.27. The van der Waals surface area contributed by atoms with Gasteiger partial charge in [-0.2, -0.15) is 0 Å². The Labute approximate surface area is 180 Å². The Morgan fingerprint density at radius 2 is 1.67 bits per heavy atom. The number of carbonyl (C=O) groups is 1. The van der Waals surface area contributed by atoms with E-state index in [9.17, 15) is 4.79 Å². The Kier molecular flexibility index (Phi) is 7.08. The zero-order valence-corrected chi connectivity index (χ0v) is 17.7. The summed E-state index contributed by atoms with van der Waals surface area (Å²) in [6.45, 7) is 0.569. The van der Waals surface area contributed by atoms with Crippen LogP contribution in [0, 0.1) is 0 Å². The molecule has 0 atom stereocenters. The van der Waals surface area contributed by atoms with Gasteiger partial charge >= 0.3 is 6.03 Å². The summed E-state index contributed by atoms with van der Waals surface area (Å²) < 4.78 is 21.6. The summed E-state index contributed by atoms with van der Waals surface area (Å²) in [6, 6.07) is 13.8. The van der Waals surface area contributed by atoms with Crippen molar-refractivity contribution >= 4 is 23.3 Å². The maximum atomic E-state index is 13.0. The number of halogens is 1. The van der Waals surface area contributed by atoms with Crippen molar-refractivity contribution in [1.82, 2.24) is 4.90 Å². The molecule has 0 unspecified atom stereocenters. The number of amides is 2. The van der Waals surface area contributed by atoms with Gasteiger partial charge in [-0.3, -0.25) is 0 Å². The second-order valence-electron chi connectivity index (χ2n) is 6.41. The molecule has 0 bridgehead atoms. The van der Waals surface area contributed by atoms with Crippen molar-refractivity contribution in [1.29, 1.82) is 0 Å². The molecule has 2 amide bonds. The number of hydrogen-bond acceptors (Lipinski definition) is 5. The van der Waals surface area contributed by atoms with Gasteiger partial charge in [-0.1, -0.05) is 11.6 Å². The van der Waals surface area contributed by atoms with E-state index < -0.39 is 0 Å². The predicted octanol–water partition coefficient (Wildman–Crippen LogP) is 5.19. The zero-order valence-electron chi connectivity index (χ0n) is 17.0. The van der Waals surface area contributed by atoms with E-state index in [0.717, 1.165) is 5.56 Å². The topological polar surface area (TPSA) is 73.2 Å². The number of ether oxygens (including phenoxy) is 3. The number of carbonyl (C=O) groups excluding carboxylic acids is 1. The van der Waals surface area contributed by atoms with Gasteiger partial charge in [0.05, 0.1) is 34.1 Å². The van der Waals surface area contributed by atoms with Gasteiger partial charge in [0.1, 0.15) is 5.76 Å². The van der Waals surface area contributed by atoms with E-state index in [4.69, 9.17) is 30.2 Å². The number of urea groups is 1. The molecule has 1 N–H and O–H groups in total. The Bertz CT molecular complexity index is 949. The standard InChI is InChI=1S/C22H23ClN2O5/c1-27-19-11-15(12-20(28-2)21(19)29-3)13-25(14-18-5-4-10-30-18)22(26)24-17-8-6-16(23)7-9-17/h4-12H,13-14H2,1-3H3,(H,24,26). The number of benzene rings is 2. The first kappa shape index (κ1) is 21.4. The molecule has 158 valence electrons. The monoisotopic (exact) mass is 430 g/mol. The van der Waals surface area contributed by atoms with Crippen molar-refractivity contribution in [3.8, 4) is 17.2 Å². The average molecular weight is 431 g/mol. The fourth-order valence-electron chi connectivity index (χ4n) is 2.97. The molecule has 0 aliphatic carbocycles. The number of furan rings is 1. The minimum atomic E-state index is -0.289. The molecule has 30 heavy (non-hydrogen) atoms. The van der Waals surface area contributed by atoms with Gasteiger partial charge in [-0.25, -0.2) is 4.79 Å². The second kappa shape index (κ2) is 9.93. The van der Waals surface area contributed by atoms with Crippen LogP contribution in [0.1, 0.15) is 11.3 Å². The summed E-state index contributed by atoms with van der Waals surface area (Å²) in [5, 5.41) is 3.48. The fraction of sp³-hybridized carbons (Fsp3) is 0.227. The van der Waals surface area contributed by atoms with Gasteiger partial charge in [-0.05, 0) is 54.1 Å². The molecule has 3 rings (SSSR count). The van der Waals surface area contributed by atoms with Gasteiger partial charge in [0.25, 0.3) is 0 Å². The van der Waals surface area contributed by atoms with Crippen LogP contribution < -0.4 is 19.5 Å². The van der Waals surface area contributed by atoms with E-state index in [0.29, 0.717) is 33.7 Å².